The molecule has 5 nitrogen and oxygen atoms in total. The van der Waals surface area contributed by atoms with E-state index in [4.69, 9.17) is 16.3 Å². The molecule has 0 saturated carbocycles. The van der Waals surface area contributed by atoms with Crippen molar-refractivity contribution in [2.24, 2.45) is 0 Å². The number of carbonyl (C=O) groups is 1. The van der Waals surface area contributed by atoms with Crippen molar-refractivity contribution >= 4 is 33.0 Å². The van der Waals surface area contributed by atoms with E-state index in [0.717, 1.165) is 6.07 Å². The Morgan fingerprint density at radius 3 is 2.50 bits per heavy atom. The van der Waals surface area contributed by atoms with Crippen molar-refractivity contribution in [2.45, 2.75) is 10.7 Å². The van der Waals surface area contributed by atoms with Crippen LogP contribution < -0.4 is 10.1 Å². The molecule has 0 bridgehead atoms. The van der Waals surface area contributed by atoms with Crippen LogP contribution in [-0.2, 0) is 9.84 Å². The van der Waals surface area contributed by atoms with E-state index in [-0.39, 0.29) is 22.0 Å². The minimum atomic E-state index is -4.86. The second-order valence-electron chi connectivity index (χ2n) is 4.60. The molecule has 0 spiro atoms. The first kappa shape index (κ1) is 18.2. The van der Waals surface area contributed by atoms with Crippen molar-refractivity contribution in [2.75, 3.05) is 12.4 Å². The van der Waals surface area contributed by atoms with Crippen LogP contribution in [0.25, 0.3) is 0 Å². The SMILES string of the molecule is COc1ccc(Cl)cc1C(=O)Nc1ccccc1S(=O)(=O)C(F)F. The fraction of sp³-hybridized carbons (Fsp3) is 0.133. The Morgan fingerprint density at radius 2 is 1.88 bits per heavy atom. The van der Waals surface area contributed by atoms with Crippen LogP contribution >= 0.6 is 11.6 Å². The van der Waals surface area contributed by atoms with E-state index >= 15 is 0 Å². The van der Waals surface area contributed by atoms with E-state index in [1.165, 1.54) is 43.5 Å². The number of para-hydroxylation sites is 1. The molecule has 0 unspecified atom stereocenters. The van der Waals surface area contributed by atoms with E-state index in [2.05, 4.69) is 5.32 Å². The number of alkyl halides is 2. The van der Waals surface area contributed by atoms with Gasteiger partial charge in [-0.05, 0) is 30.3 Å². The van der Waals surface area contributed by atoms with Gasteiger partial charge in [0, 0.05) is 5.02 Å². The van der Waals surface area contributed by atoms with Crippen molar-refractivity contribution in [3.05, 3.63) is 53.1 Å². The lowest BCUT2D eigenvalue weighted by Gasteiger charge is -2.13. The number of anilines is 1. The molecule has 1 N–H and O–H groups in total. The van der Waals surface area contributed by atoms with Crippen LogP contribution in [0.1, 0.15) is 10.4 Å². The van der Waals surface area contributed by atoms with Crippen molar-refractivity contribution in [1.82, 2.24) is 0 Å². The van der Waals surface area contributed by atoms with E-state index in [1.807, 2.05) is 0 Å². The number of ether oxygens (including phenoxy) is 1. The second kappa shape index (κ2) is 7.14. The van der Waals surface area contributed by atoms with E-state index in [9.17, 15) is 22.0 Å². The maximum atomic E-state index is 12.8. The first-order valence-corrected chi connectivity index (χ1v) is 8.45. The van der Waals surface area contributed by atoms with Gasteiger partial charge in [-0.3, -0.25) is 4.79 Å². The molecule has 2 aromatic carbocycles. The van der Waals surface area contributed by atoms with Gasteiger partial charge in [0.2, 0.25) is 9.84 Å². The third kappa shape index (κ3) is 3.65. The van der Waals surface area contributed by atoms with E-state index in [1.54, 1.807) is 0 Å². The Hall–Kier alpha value is -2.19. The molecule has 0 fully saturated rings. The van der Waals surface area contributed by atoms with Gasteiger partial charge in [0.05, 0.1) is 23.3 Å². The Kier molecular flexibility index (Phi) is 5.40. The van der Waals surface area contributed by atoms with Crippen molar-refractivity contribution in [1.29, 1.82) is 0 Å². The Labute approximate surface area is 142 Å². The number of carbonyl (C=O) groups excluding carboxylic acids is 1. The second-order valence-corrected chi connectivity index (χ2v) is 6.92. The number of sulfone groups is 1. The first-order chi connectivity index (χ1) is 11.3. The van der Waals surface area contributed by atoms with Crippen LogP contribution in [0.3, 0.4) is 0 Å². The van der Waals surface area contributed by atoms with Crippen LogP contribution in [0.2, 0.25) is 5.02 Å². The molecule has 0 atom stereocenters. The van der Waals surface area contributed by atoms with Crippen LogP contribution in [0.4, 0.5) is 14.5 Å². The predicted octanol–water partition coefficient (Wildman–Crippen LogP) is 3.60. The third-order valence-electron chi connectivity index (χ3n) is 3.08. The van der Waals surface area contributed by atoms with Crippen LogP contribution in [-0.4, -0.2) is 27.2 Å². The third-order valence-corrected chi connectivity index (χ3v) is 4.76. The monoisotopic (exact) mass is 375 g/mol. The highest BCUT2D eigenvalue weighted by Gasteiger charge is 2.29. The molecule has 128 valence electrons. The van der Waals surface area contributed by atoms with Gasteiger partial charge in [-0.2, -0.15) is 8.78 Å². The normalized spacial score (nSPS) is 11.4. The number of hydrogen-bond acceptors (Lipinski definition) is 4. The number of methoxy groups -OCH3 is 1. The smallest absolute Gasteiger partial charge is 0.341 e. The van der Waals surface area contributed by atoms with Gasteiger partial charge in [-0.15, -0.1) is 0 Å². The summed E-state index contributed by atoms with van der Waals surface area (Å²) >= 11 is 5.84. The summed E-state index contributed by atoms with van der Waals surface area (Å²) in [7, 11) is -3.52. The standard InChI is InChI=1S/C15H12ClF2NO4S/c1-23-12-7-6-9(16)8-10(12)14(20)19-11-4-2-3-5-13(11)24(21,22)15(17)18/h2-8,15H,1H3,(H,19,20). The van der Waals surface area contributed by atoms with Gasteiger partial charge in [-0.1, -0.05) is 23.7 Å². The Bertz CT molecular complexity index is 872. The maximum absolute atomic E-state index is 12.8. The highest BCUT2D eigenvalue weighted by Crippen LogP contribution is 2.28. The molecule has 2 rings (SSSR count). The number of hydrogen-bond donors (Lipinski definition) is 1. The molecular formula is C15H12ClF2NO4S. The molecule has 1 amide bonds. The Morgan fingerprint density at radius 1 is 1.21 bits per heavy atom. The van der Waals surface area contributed by atoms with Gasteiger partial charge in [0.1, 0.15) is 5.75 Å². The molecule has 0 radical (unpaired) electrons. The average molecular weight is 376 g/mol. The quantitative estimate of drug-likeness (QED) is 0.866. The largest absolute Gasteiger partial charge is 0.496 e. The van der Waals surface area contributed by atoms with E-state index < -0.39 is 26.4 Å². The maximum Gasteiger partial charge on any atom is 0.341 e. The summed E-state index contributed by atoms with van der Waals surface area (Å²) < 4.78 is 54.0. The fourth-order valence-electron chi connectivity index (χ4n) is 1.96. The molecule has 24 heavy (non-hydrogen) atoms. The Balaban J connectivity index is 2.43. The molecule has 0 heterocycles. The predicted molar refractivity (Wildman–Crippen MR) is 85.6 cm³/mol. The lowest BCUT2D eigenvalue weighted by Crippen LogP contribution is -2.18. The first-order valence-electron chi connectivity index (χ1n) is 6.53. The number of rotatable bonds is 5. The van der Waals surface area contributed by atoms with Crippen LogP contribution in [0, 0.1) is 0 Å². The summed E-state index contributed by atoms with van der Waals surface area (Å²) in [4.78, 5) is 11.7. The van der Waals surface area contributed by atoms with Gasteiger partial charge >= 0.3 is 5.76 Å². The van der Waals surface area contributed by atoms with Gasteiger partial charge < -0.3 is 10.1 Å². The van der Waals surface area contributed by atoms with Crippen LogP contribution in [0.15, 0.2) is 47.4 Å². The zero-order chi connectivity index (χ0) is 17.9. The lowest BCUT2D eigenvalue weighted by molar-refractivity contribution is 0.102. The zero-order valence-electron chi connectivity index (χ0n) is 12.3. The molecule has 0 saturated heterocycles. The summed E-state index contributed by atoms with van der Waals surface area (Å²) in [6.07, 6.45) is 0. The average Bonchev–Trinajstić information content (AvgIpc) is 2.55. The summed E-state index contributed by atoms with van der Waals surface area (Å²) in [5, 5.41) is 2.56. The van der Waals surface area contributed by atoms with Crippen molar-refractivity contribution < 1.29 is 26.7 Å². The van der Waals surface area contributed by atoms with Crippen molar-refractivity contribution in [3.8, 4) is 5.75 Å². The van der Waals surface area contributed by atoms with Crippen molar-refractivity contribution in [3.63, 3.8) is 0 Å². The molecule has 9 heteroatoms. The van der Waals surface area contributed by atoms with Gasteiger partial charge in [0.15, 0.2) is 0 Å². The molecule has 0 aliphatic heterocycles. The lowest BCUT2D eigenvalue weighted by atomic mass is 10.2. The summed E-state index contributed by atoms with van der Waals surface area (Å²) in [6, 6.07) is 9.18. The number of nitrogens with one attached hydrogen (secondary N) is 1. The zero-order valence-corrected chi connectivity index (χ0v) is 13.9. The molecular weight excluding hydrogens is 364 g/mol. The highest BCUT2D eigenvalue weighted by molar-refractivity contribution is 7.91. The molecule has 0 aliphatic carbocycles. The van der Waals surface area contributed by atoms with E-state index in [0.29, 0.717) is 0 Å². The van der Waals surface area contributed by atoms with Gasteiger partial charge in [0.25, 0.3) is 5.91 Å². The number of benzene rings is 2. The minimum Gasteiger partial charge on any atom is -0.496 e. The minimum absolute atomic E-state index is 0.0363. The van der Waals surface area contributed by atoms with Crippen LogP contribution in [0.5, 0.6) is 5.75 Å². The number of amides is 1. The highest BCUT2D eigenvalue weighted by atomic mass is 35.5. The number of halogens is 3. The summed E-state index contributed by atoms with van der Waals surface area (Å²) in [6.45, 7) is 0. The summed E-state index contributed by atoms with van der Waals surface area (Å²) in [5.74, 6) is -4.14. The molecule has 2 aromatic rings. The molecule has 0 aromatic heterocycles. The summed E-state index contributed by atoms with van der Waals surface area (Å²) in [5.41, 5.74) is -0.223. The molecule has 0 aliphatic rings. The van der Waals surface area contributed by atoms with Gasteiger partial charge in [-0.25, -0.2) is 8.42 Å². The fourth-order valence-corrected chi connectivity index (χ4v) is 3.02. The topological polar surface area (TPSA) is 72.5 Å².